The molecule has 1 N–H and O–H groups in total. The van der Waals surface area contributed by atoms with E-state index in [0.29, 0.717) is 19.3 Å². The Balaban J connectivity index is 2.13. The van der Waals surface area contributed by atoms with Gasteiger partial charge in [0.05, 0.1) is 0 Å². The van der Waals surface area contributed by atoms with Gasteiger partial charge in [-0.3, -0.25) is 0 Å². The second-order valence-electron chi connectivity index (χ2n) is 4.39. The summed E-state index contributed by atoms with van der Waals surface area (Å²) in [6, 6.07) is 6.65. The minimum Gasteiger partial charge on any atom is -0.486 e. The summed E-state index contributed by atoms with van der Waals surface area (Å²) in [6.45, 7) is 3.52. The zero-order chi connectivity index (χ0) is 12.1. The van der Waals surface area contributed by atoms with Crippen LogP contribution in [-0.4, -0.2) is 20.3 Å². The lowest BCUT2D eigenvalue weighted by atomic mass is 10.0. The number of benzene rings is 1. The van der Waals surface area contributed by atoms with E-state index in [1.807, 2.05) is 13.1 Å². The molecule has 0 saturated heterocycles. The van der Waals surface area contributed by atoms with E-state index in [2.05, 4.69) is 24.4 Å². The Morgan fingerprint density at radius 2 is 2.00 bits per heavy atom. The summed E-state index contributed by atoms with van der Waals surface area (Å²) in [6.07, 6.45) is 3.62. The largest absolute Gasteiger partial charge is 0.486 e. The summed E-state index contributed by atoms with van der Waals surface area (Å²) in [4.78, 5) is 0. The molecule has 0 aromatic heterocycles. The van der Waals surface area contributed by atoms with E-state index >= 15 is 0 Å². The van der Waals surface area contributed by atoms with Gasteiger partial charge in [-0.25, -0.2) is 0 Å². The first kappa shape index (κ1) is 12.2. The van der Waals surface area contributed by atoms with Gasteiger partial charge in [-0.15, -0.1) is 0 Å². The molecule has 3 nitrogen and oxygen atoms in total. The molecule has 0 spiro atoms. The molecule has 1 unspecified atom stereocenters. The van der Waals surface area contributed by atoms with E-state index in [1.54, 1.807) is 0 Å². The first-order valence-corrected chi connectivity index (χ1v) is 6.42. The molecule has 3 heteroatoms. The maximum Gasteiger partial charge on any atom is 0.161 e. The molecule has 0 radical (unpaired) electrons. The van der Waals surface area contributed by atoms with Crippen LogP contribution in [0.3, 0.4) is 0 Å². The van der Waals surface area contributed by atoms with Crippen LogP contribution in [0.1, 0.15) is 37.8 Å². The molecule has 1 aliphatic rings. The van der Waals surface area contributed by atoms with Gasteiger partial charge in [-0.05, 0) is 31.2 Å². The predicted octanol–water partition coefficient (Wildman–Crippen LogP) is 2.91. The summed E-state index contributed by atoms with van der Waals surface area (Å²) in [5.41, 5.74) is 1.28. The summed E-state index contributed by atoms with van der Waals surface area (Å²) in [7, 11) is 2.01. The van der Waals surface area contributed by atoms with E-state index < -0.39 is 0 Å². The molecule has 1 aromatic rings. The van der Waals surface area contributed by atoms with Crippen molar-refractivity contribution in [3.8, 4) is 11.5 Å². The number of unbranched alkanes of at least 4 members (excludes halogenated alkanes) is 1. The quantitative estimate of drug-likeness (QED) is 0.851. The Kier molecular flexibility index (Phi) is 4.26. The van der Waals surface area contributed by atoms with Crippen molar-refractivity contribution in [2.45, 2.75) is 32.2 Å². The van der Waals surface area contributed by atoms with Crippen molar-refractivity contribution < 1.29 is 9.47 Å². The van der Waals surface area contributed by atoms with Gasteiger partial charge in [0.15, 0.2) is 11.5 Å². The summed E-state index contributed by atoms with van der Waals surface area (Å²) in [5.74, 6) is 1.75. The molecule has 1 aromatic carbocycles. The average molecular weight is 235 g/mol. The van der Waals surface area contributed by atoms with Gasteiger partial charge in [-0.1, -0.05) is 25.8 Å². The molecule has 0 amide bonds. The minimum absolute atomic E-state index is 0.408. The van der Waals surface area contributed by atoms with Crippen molar-refractivity contribution >= 4 is 0 Å². The van der Waals surface area contributed by atoms with Gasteiger partial charge < -0.3 is 14.8 Å². The fourth-order valence-electron chi connectivity index (χ4n) is 2.16. The van der Waals surface area contributed by atoms with E-state index in [0.717, 1.165) is 17.9 Å². The van der Waals surface area contributed by atoms with Gasteiger partial charge in [-0.2, -0.15) is 0 Å². The maximum absolute atomic E-state index is 5.61. The Morgan fingerprint density at radius 1 is 1.24 bits per heavy atom. The highest BCUT2D eigenvalue weighted by atomic mass is 16.6. The van der Waals surface area contributed by atoms with E-state index in [9.17, 15) is 0 Å². The first-order chi connectivity index (χ1) is 8.35. The second-order valence-corrected chi connectivity index (χ2v) is 4.39. The Bertz CT molecular complexity index is 365. The Labute approximate surface area is 103 Å². The van der Waals surface area contributed by atoms with Crippen LogP contribution in [0, 0.1) is 0 Å². The second kappa shape index (κ2) is 5.92. The molecule has 17 heavy (non-hydrogen) atoms. The summed E-state index contributed by atoms with van der Waals surface area (Å²) < 4.78 is 11.1. The normalized spacial score (nSPS) is 15.6. The minimum atomic E-state index is 0.408. The third-order valence-electron chi connectivity index (χ3n) is 3.16. The number of rotatable bonds is 5. The van der Waals surface area contributed by atoms with Crippen LogP contribution in [0.15, 0.2) is 18.2 Å². The SMILES string of the molecule is CCCCC(NC)c1ccc2c(c1)OCCO2. The van der Waals surface area contributed by atoms with Crippen LogP contribution in [-0.2, 0) is 0 Å². The van der Waals surface area contributed by atoms with Gasteiger partial charge in [0, 0.05) is 6.04 Å². The number of ether oxygens (including phenoxy) is 2. The zero-order valence-electron chi connectivity index (χ0n) is 10.7. The molecular formula is C14H21NO2. The third kappa shape index (κ3) is 2.91. The van der Waals surface area contributed by atoms with Crippen LogP contribution < -0.4 is 14.8 Å². The lowest BCUT2D eigenvalue weighted by molar-refractivity contribution is 0.171. The molecule has 1 aliphatic heterocycles. The monoisotopic (exact) mass is 235 g/mol. The van der Waals surface area contributed by atoms with Crippen molar-refractivity contribution in [3.05, 3.63) is 23.8 Å². The standard InChI is InChI=1S/C14H21NO2/c1-3-4-5-12(15-2)11-6-7-13-14(10-11)17-9-8-16-13/h6-7,10,12,15H,3-5,8-9H2,1-2H3. The number of nitrogens with one attached hydrogen (secondary N) is 1. The summed E-state index contributed by atoms with van der Waals surface area (Å²) in [5, 5.41) is 3.36. The summed E-state index contributed by atoms with van der Waals surface area (Å²) >= 11 is 0. The molecule has 1 atom stereocenters. The predicted molar refractivity (Wildman–Crippen MR) is 68.8 cm³/mol. The van der Waals surface area contributed by atoms with E-state index in [1.165, 1.54) is 18.4 Å². The molecule has 94 valence electrons. The molecule has 0 saturated carbocycles. The lowest BCUT2D eigenvalue weighted by Crippen LogP contribution is -2.18. The van der Waals surface area contributed by atoms with Crippen LogP contribution in [0.4, 0.5) is 0 Å². The molecule has 2 rings (SSSR count). The van der Waals surface area contributed by atoms with Crippen LogP contribution >= 0.6 is 0 Å². The zero-order valence-corrected chi connectivity index (χ0v) is 10.7. The number of fused-ring (bicyclic) bond motifs is 1. The third-order valence-corrected chi connectivity index (χ3v) is 3.16. The van der Waals surface area contributed by atoms with Gasteiger partial charge >= 0.3 is 0 Å². The maximum atomic E-state index is 5.61. The van der Waals surface area contributed by atoms with Gasteiger partial charge in [0.25, 0.3) is 0 Å². The van der Waals surface area contributed by atoms with Crippen molar-refractivity contribution in [3.63, 3.8) is 0 Å². The van der Waals surface area contributed by atoms with Gasteiger partial charge in [0.1, 0.15) is 13.2 Å². The fraction of sp³-hybridized carbons (Fsp3) is 0.571. The van der Waals surface area contributed by atoms with E-state index in [4.69, 9.17) is 9.47 Å². The van der Waals surface area contributed by atoms with Crippen LogP contribution in [0.5, 0.6) is 11.5 Å². The van der Waals surface area contributed by atoms with Gasteiger partial charge in [0.2, 0.25) is 0 Å². The molecule has 1 heterocycles. The molecular weight excluding hydrogens is 214 g/mol. The average Bonchev–Trinajstić information content (AvgIpc) is 2.39. The highest BCUT2D eigenvalue weighted by Crippen LogP contribution is 2.33. The number of hydrogen-bond donors (Lipinski definition) is 1. The molecule has 0 aliphatic carbocycles. The first-order valence-electron chi connectivity index (χ1n) is 6.42. The smallest absolute Gasteiger partial charge is 0.161 e. The van der Waals surface area contributed by atoms with Crippen molar-refractivity contribution in [2.75, 3.05) is 20.3 Å². The fourth-order valence-corrected chi connectivity index (χ4v) is 2.16. The van der Waals surface area contributed by atoms with Crippen molar-refractivity contribution in [1.82, 2.24) is 5.32 Å². The topological polar surface area (TPSA) is 30.5 Å². The van der Waals surface area contributed by atoms with Crippen LogP contribution in [0.25, 0.3) is 0 Å². The Morgan fingerprint density at radius 3 is 2.71 bits per heavy atom. The number of hydrogen-bond acceptors (Lipinski definition) is 3. The van der Waals surface area contributed by atoms with Crippen molar-refractivity contribution in [2.24, 2.45) is 0 Å². The highest BCUT2D eigenvalue weighted by Gasteiger charge is 2.15. The van der Waals surface area contributed by atoms with Crippen molar-refractivity contribution in [1.29, 1.82) is 0 Å². The van der Waals surface area contributed by atoms with E-state index in [-0.39, 0.29) is 0 Å². The highest BCUT2D eigenvalue weighted by molar-refractivity contribution is 5.44. The molecule has 0 fully saturated rings. The lowest BCUT2D eigenvalue weighted by Gasteiger charge is -2.22. The Hall–Kier alpha value is -1.22. The molecule has 0 bridgehead atoms. The van der Waals surface area contributed by atoms with Crippen LogP contribution in [0.2, 0.25) is 0 Å².